The summed E-state index contributed by atoms with van der Waals surface area (Å²) in [6.45, 7) is 3.09. The van der Waals surface area contributed by atoms with Crippen molar-refractivity contribution in [2.45, 2.75) is 12.8 Å². The number of nitro groups is 2. The fourth-order valence-corrected chi connectivity index (χ4v) is 3.30. The number of rotatable bonds is 8. The van der Waals surface area contributed by atoms with E-state index in [-0.39, 0.29) is 17.3 Å². The molecule has 0 radical (unpaired) electrons. The molecular weight excluding hydrogens is 376 g/mol. The molecule has 1 heterocycles. The van der Waals surface area contributed by atoms with Crippen molar-refractivity contribution in [3.63, 3.8) is 0 Å². The zero-order valence-corrected chi connectivity index (χ0v) is 15.9. The molecule has 0 N–H and O–H groups in total. The summed E-state index contributed by atoms with van der Waals surface area (Å²) in [7, 11) is 0. The average molecular weight is 398 g/mol. The van der Waals surface area contributed by atoms with Crippen LogP contribution in [-0.2, 0) is 17.6 Å². The van der Waals surface area contributed by atoms with Crippen molar-refractivity contribution >= 4 is 17.3 Å². The first-order chi connectivity index (χ1) is 13.9. The van der Waals surface area contributed by atoms with Crippen molar-refractivity contribution in [3.8, 4) is 0 Å². The van der Waals surface area contributed by atoms with E-state index in [1.54, 1.807) is 24.3 Å². The number of benzene rings is 2. The van der Waals surface area contributed by atoms with E-state index < -0.39 is 9.85 Å². The maximum Gasteiger partial charge on any atom is 0.269 e. The van der Waals surface area contributed by atoms with Gasteiger partial charge in [0.25, 0.3) is 11.4 Å². The molecule has 1 aliphatic heterocycles. The van der Waals surface area contributed by atoms with Crippen molar-refractivity contribution in [2.75, 3.05) is 32.7 Å². The maximum absolute atomic E-state index is 12.4. The van der Waals surface area contributed by atoms with Gasteiger partial charge in [0.15, 0.2) is 0 Å². The molecule has 2 aromatic carbocycles. The van der Waals surface area contributed by atoms with Gasteiger partial charge in [0.05, 0.1) is 16.4 Å². The topological polar surface area (TPSA) is 110 Å². The number of nitro benzene ring substituents is 2. The van der Waals surface area contributed by atoms with Crippen LogP contribution in [-0.4, -0.2) is 58.3 Å². The first-order valence-electron chi connectivity index (χ1n) is 9.39. The second kappa shape index (κ2) is 9.24. The van der Waals surface area contributed by atoms with E-state index in [9.17, 15) is 25.0 Å². The Morgan fingerprint density at radius 2 is 1.24 bits per heavy atom. The van der Waals surface area contributed by atoms with Crippen LogP contribution >= 0.6 is 0 Å². The predicted octanol–water partition coefficient (Wildman–Crippen LogP) is 2.43. The van der Waals surface area contributed by atoms with Crippen molar-refractivity contribution in [3.05, 3.63) is 79.9 Å². The third-order valence-electron chi connectivity index (χ3n) is 5.08. The Labute approximate surface area is 167 Å². The Morgan fingerprint density at radius 3 is 1.69 bits per heavy atom. The van der Waals surface area contributed by atoms with Crippen LogP contribution in [0.1, 0.15) is 11.1 Å². The van der Waals surface area contributed by atoms with Gasteiger partial charge in [-0.25, -0.2) is 0 Å². The summed E-state index contributed by atoms with van der Waals surface area (Å²) >= 11 is 0. The van der Waals surface area contributed by atoms with Gasteiger partial charge in [-0.1, -0.05) is 24.3 Å². The number of nitrogens with zero attached hydrogens (tertiary/aromatic N) is 4. The summed E-state index contributed by atoms with van der Waals surface area (Å²) in [5, 5.41) is 21.4. The van der Waals surface area contributed by atoms with Gasteiger partial charge in [-0.15, -0.1) is 0 Å². The van der Waals surface area contributed by atoms with Gasteiger partial charge in [0, 0.05) is 50.4 Å². The molecule has 1 fully saturated rings. The van der Waals surface area contributed by atoms with E-state index >= 15 is 0 Å². The molecule has 0 aromatic heterocycles. The normalized spacial score (nSPS) is 14.8. The third-order valence-corrected chi connectivity index (χ3v) is 5.08. The second-order valence-corrected chi connectivity index (χ2v) is 7.00. The van der Waals surface area contributed by atoms with E-state index in [4.69, 9.17) is 0 Å². The first kappa shape index (κ1) is 20.4. The van der Waals surface area contributed by atoms with E-state index in [0.717, 1.165) is 30.6 Å². The Morgan fingerprint density at radius 1 is 0.759 bits per heavy atom. The Bertz CT molecular complexity index is 883. The predicted molar refractivity (Wildman–Crippen MR) is 107 cm³/mol. The summed E-state index contributed by atoms with van der Waals surface area (Å²) < 4.78 is 0. The summed E-state index contributed by atoms with van der Waals surface area (Å²) in [5.74, 6) is 0.0712. The molecular formula is C20H22N4O5. The first-order valence-corrected chi connectivity index (χ1v) is 9.39. The van der Waals surface area contributed by atoms with Crippen LogP contribution in [0, 0.1) is 20.2 Å². The smallest absolute Gasteiger partial charge is 0.269 e. The monoisotopic (exact) mass is 398 g/mol. The molecule has 1 amide bonds. The largest absolute Gasteiger partial charge is 0.340 e. The number of hydrogen-bond acceptors (Lipinski definition) is 6. The highest BCUT2D eigenvalue weighted by atomic mass is 16.6. The van der Waals surface area contributed by atoms with Crippen LogP contribution in [0.3, 0.4) is 0 Å². The zero-order chi connectivity index (χ0) is 20.8. The molecule has 2 aromatic rings. The molecule has 3 rings (SSSR count). The second-order valence-electron chi connectivity index (χ2n) is 7.00. The summed E-state index contributed by atoms with van der Waals surface area (Å²) in [5.41, 5.74) is 2.10. The molecule has 1 aliphatic rings. The number of non-ortho nitro benzene ring substituents is 2. The van der Waals surface area contributed by atoms with Crippen molar-refractivity contribution < 1.29 is 14.6 Å². The van der Waals surface area contributed by atoms with Crippen molar-refractivity contribution in [1.29, 1.82) is 0 Å². The van der Waals surface area contributed by atoms with Crippen LogP contribution in [0.2, 0.25) is 0 Å². The third kappa shape index (κ3) is 5.58. The van der Waals surface area contributed by atoms with E-state index in [1.807, 2.05) is 4.90 Å². The maximum atomic E-state index is 12.4. The van der Waals surface area contributed by atoms with Gasteiger partial charge in [-0.3, -0.25) is 29.9 Å². The van der Waals surface area contributed by atoms with Crippen LogP contribution in [0.5, 0.6) is 0 Å². The molecule has 152 valence electrons. The molecule has 9 heteroatoms. The average Bonchev–Trinajstić information content (AvgIpc) is 2.72. The van der Waals surface area contributed by atoms with Crippen LogP contribution in [0.25, 0.3) is 0 Å². The molecule has 0 atom stereocenters. The van der Waals surface area contributed by atoms with E-state index in [0.29, 0.717) is 26.1 Å². The molecule has 1 saturated heterocycles. The minimum Gasteiger partial charge on any atom is -0.340 e. The van der Waals surface area contributed by atoms with E-state index in [1.165, 1.54) is 24.3 Å². The number of hydrogen-bond donors (Lipinski definition) is 0. The summed E-state index contributed by atoms with van der Waals surface area (Å²) in [4.78, 5) is 36.9. The lowest BCUT2D eigenvalue weighted by Gasteiger charge is -2.34. The van der Waals surface area contributed by atoms with Gasteiger partial charge in [0.2, 0.25) is 5.91 Å². The van der Waals surface area contributed by atoms with Gasteiger partial charge in [-0.2, -0.15) is 0 Å². The molecule has 0 unspecified atom stereocenters. The number of carbonyl (C=O) groups is 1. The van der Waals surface area contributed by atoms with Gasteiger partial charge in [0.1, 0.15) is 0 Å². The highest BCUT2D eigenvalue weighted by molar-refractivity contribution is 5.79. The van der Waals surface area contributed by atoms with Crippen LogP contribution in [0.15, 0.2) is 48.5 Å². The number of carbonyl (C=O) groups excluding carboxylic acids is 1. The lowest BCUT2D eigenvalue weighted by atomic mass is 10.1. The Balaban J connectivity index is 1.43. The minimum absolute atomic E-state index is 0.0615. The van der Waals surface area contributed by atoms with Gasteiger partial charge >= 0.3 is 0 Å². The van der Waals surface area contributed by atoms with Gasteiger partial charge < -0.3 is 4.90 Å². The zero-order valence-electron chi connectivity index (χ0n) is 15.9. The summed E-state index contributed by atoms with van der Waals surface area (Å²) in [6.07, 6.45) is 1.39. The van der Waals surface area contributed by atoms with E-state index in [2.05, 4.69) is 4.90 Å². The Hall–Kier alpha value is -3.33. The molecule has 29 heavy (non-hydrogen) atoms. The molecule has 0 spiro atoms. The van der Waals surface area contributed by atoms with Crippen LogP contribution in [0.4, 0.5) is 11.4 Å². The number of amides is 1. The van der Waals surface area contributed by atoms with Crippen molar-refractivity contribution in [1.82, 2.24) is 9.80 Å². The van der Waals surface area contributed by atoms with Crippen molar-refractivity contribution in [2.24, 2.45) is 0 Å². The van der Waals surface area contributed by atoms with Crippen LogP contribution < -0.4 is 0 Å². The molecule has 0 aliphatic carbocycles. The van der Waals surface area contributed by atoms with Gasteiger partial charge in [-0.05, 0) is 24.0 Å². The fraction of sp³-hybridized carbons (Fsp3) is 0.350. The highest BCUT2D eigenvalue weighted by Gasteiger charge is 2.23. The highest BCUT2D eigenvalue weighted by Crippen LogP contribution is 2.15. The SMILES string of the molecule is O=C1CN(CCc2ccc([N+](=O)[O-])cc2)CCN1CCc1ccc([N+](=O)[O-])cc1. The number of piperazine rings is 1. The molecule has 0 saturated carbocycles. The molecule has 0 bridgehead atoms. The fourth-order valence-electron chi connectivity index (χ4n) is 3.30. The minimum atomic E-state index is -0.427. The lowest BCUT2D eigenvalue weighted by molar-refractivity contribution is -0.385. The standard InChI is InChI=1S/C20H22N4O5/c25-20-15-21(11-9-16-1-5-18(6-2-16)23(26)27)13-14-22(20)12-10-17-3-7-19(8-4-17)24(28)29/h1-8H,9-15H2. The molecule has 9 nitrogen and oxygen atoms in total. The summed E-state index contributed by atoms with van der Waals surface area (Å²) in [6, 6.07) is 12.9. The quantitative estimate of drug-likeness (QED) is 0.499. The lowest BCUT2D eigenvalue weighted by Crippen LogP contribution is -2.51. The Kier molecular flexibility index (Phi) is 6.50.